The predicted octanol–water partition coefficient (Wildman–Crippen LogP) is 3.28. The van der Waals surface area contributed by atoms with E-state index in [9.17, 15) is 0 Å². The normalized spacial score (nSPS) is 23.9. The van der Waals surface area contributed by atoms with Crippen molar-refractivity contribution in [2.45, 2.75) is 38.6 Å². The van der Waals surface area contributed by atoms with Crippen LogP contribution in [0.25, 0.3) is 0 Å². The van der Waals surface area contributed by atoms with Crippen LogP contribution in [0.15, 0.2) is 18.5 Å². The first-order valence-corrected chi connectivity index (χ1v) is 7.10. The van der Waals surface area contributed by atoms with Crippen LogP contribution in [0.4, 0.5) is 0 Å². The SMILES string of the molecule is CC1CCCCC1NCCOc1cncc(Cl)c1. The minimum absolute atomic E-state index is 0.612. The van der Waals surface area contributed by atoms with Gasteiger partial charge in [0.25, 0.3) is 0 Å². The lowest BCUT2D eigenvalue weighted by atomic mass is 9.86. The van der Waals surface area contributed by atoms with Crippen molar-refractivity contribution < 1.29 is 4.74 Å². The summed E-state index contributed by atoms with van der Waals surface area (Å²) >= 11 is 5.84. The number of hydrogen-bond donors (Lipinski definition) is 1. The molecule has 1 saturated carbocycles. The first-order chi connectivity index (χ1) is 8.75. The second-order valence-corrected chi connectivity index (χ2v) is 5.45. The van der Waals surface area contributed by atoms with Crippen LogP contribution in [0.2, 0.25) is 5.02 Å². The Morgan fingerprint density at radius 1 is 1.39 bits per heavy atom. The first-order valence-electron chi connectivity index (χ1n) is 6.72. The van der Waals surface area contributed by atoms with Crippen molar-refractivity contribution in [3.63, 3.8) is 0 Å². The molecule has 1 aliphatic rings. The third-order valence-electron chi connectivity index (χ3n) is 3.57. The lowest BCUT2D eigenvalue weighted by Gasteiger charge is -2.29. The molecule has 0 spiro atoms. The van der Waals surface area contributed by atoms with E-state index < -0.39 is 0 Å². The second kappa shape index (κ2) is 6.95. The van der Waals surface area contributed by atoms with E-state index in [0.29, 0.717) is 17.7 Å². The van der Waals surface area contributed by atoms with Crippen molar-refractivity contribution in [2.75, 3.05) is 13.2 Å². The molecule has 1 heterocycles. The van der Waals surface area contributed by atoms with Crippen molar-refractivity contribution in [1.29, 1.82) is 0 Å². The maximum absolute atomic E-state index is 5.84. The average molecular weight is 269 g/mol. The van der Waals surface area contributed by atoms with Crippen LogP contribution in [-0.4, -0.2) is 24.2 Å². The van der Waals surface area contributed by atoms with E-state index >= 15 is 0 Å². The molecule has 2 rings (SSSR count). The highest BCUT2D eigenvalue weighted by Gasteiger charge is 2.20. The topological polar surface area (TPSA) is 34.1 Å². The van der Waals surface area contributed by atoms with Crippen LogP contribution in [0.1, 0.15) is 32.6 Å². The summed E-state index contributed by atoms with van der Waals surface area (Å²) in [6.07, 6.45) is 8.66. The van der Waals surface area contributed by atoms with Crippen LogP contribution >= 0.6 is 11.6 Å². The van der Waals surface area contributed by atoms with E-state index in [1.54, 1.807) is 18.5 Å². The molecular formula is C14H21ClN2O. The summed E-state index contributed by atoms with van der Waals surface area (Å²) in [5, 5.41) is 4.19. The monoisotopic (exact) mass is 268 g/mol. The molecule has 0 aromatic carbocycles. The lowest BCUT2D eigenvalue weighted by molar-refractivity contribution is 0.251. The zero-order valence-corrected chi connectivity index (χ0v) is 11.6. The molecule has 3 nitrogen and oxygen atoms in total. The van der Waals surface area contributed by atoms with Gasteiger partial charge >= 0.3 is 0 Å². The zero-order valence-electron chi connectivity index (χ0n) is 10.9. The number of nitrogens with one attached hydrogen (secondary N) is 1. The molecule has 0 aliphatic heterocycles. The molecule has 1 aliphatic carbocycles. The van der Waals surface area contributed by atoms with Gasteiger partial charge in [-0.1, -0.05) is 31.4 Å². The Morgan fingerprint density at radius 3 is 3.00 bits per heavy atom. The Morgan fingerprint density at radius 2 is 2.22 bits per heavy atom. The van der Waals surface area contributed by atoms with E-state index in [0.717, 1.165) is 18.2 Å². The quantitative estimate of drug-likeness (QED) is 0.832. The standard InChI is InChI=1S/C14H21ClN2O/c1-11-4-2-3-5-14(11)17-6-7-18-13-8-12(15)9-16-10-13/h8-11,14,17H,2-7H2,1H3. The first kappa shape index (κ1) is 13.6. The molecule has 100 valence electrons. The van der Waals surface area contributed by atoms with Gasteiger partial charge in [-0.05, 0) is 18.8 Å². The Balaban J connectivity index is 1.66. The van der Waals surface area contributed by atoms with Gasteiger partial charge in [0.2, 0.25) is 0 Å². The Hall–Kier alpha value is -0.800. The summed E-state index contributed by atoms with van der Waals surface area (Å²) in [7, 11) is 0. The fourth-order valence-electron chi connectivity index (χ4n) is 2.50. The highest BCUT2D eigenvalue weighted by atomic mass is 35.5. The smallest absolute Gasteiger partial charge is 0.139 e. The summed E-state index contributed by atoms with van der Waals surface area (Å²) in [6, 6.07) is 2.44. The summed E-state index contributed by atoms with van der Waals surface area (Å²) in [5.41, 5.74) is 0. The van der Waals surface area contributed by atoms with E-state index in [-0.39, 0.29) is 0 Å². The molecule has 1 fully saturated rings. The number of nitrogens with zero attached hydrogens (tertiary/aromatic N) is 1. The van der Waals surface area contributed by atoms with Crippen LogP contribution in [0.5, 0.6) is 5.75 Å². The average Bonchev–Trinajstić information content (AvgIpc) is 2.37. The summed E-state index contributed by atoms with van der Waals surface area (Å²) in [4.78, 5) is 3.99. The fourth-order valence-corrected chi connectivity index (χ4v) is 2.67. The van der Waals surface area contributed by atoms with Gasteiger partial charge in [0, 0.05) is 24.8 Å². The highest BCUT2D eigenvalue weighted by molar-refractivity contribution is 6.30. The molecule has 4 heteroatoms. The zero-order chi connectivity index (χ0) is 12.8. The minimum Gasteiger partial charge on any atom is -0.491 e. The fraction of sp³-hybridized carbons (Fsp3) is 0.643. The molecule has 2 unspecified atom stereocenters. The second-order valence-electron chi connectivity index (χ2n) is 5.01. The van der Waals surface area contributed by atoms with Gasteiger partial charge in [0.15, 0.2) is 0 Å². The number of hydrogen-bond acceptors (Lipinski definition) is 3. The maximum Gasteiger partial charge on any atom is 0.139 e. The third-order valence-corrected chi connectivity index (χ3v) is 3.78. The lowest BCUT2D eigenvalue weighted by Crippen LogP contribution is -2.39. The Labute approximate surface area is 114 Å². The highest BCUT2D eigenvalue weighted by Crippen LogP contribution is 2.23. The molecular weight excluding hydrogens is 248 g/mol. The van der Waals surface area contributed by atoms with Crippen molar-refractivity contribution in [3.05, 3.63) is 23.5 Å². The maximum atomic E-state index is 5.84. The van der Waals surface area contributed by atoms with Crippen LogP contribution in [0.3, 0.4) is 0 Å². The molecule has 2 atom stereocenters. The molecule has 18 heavy (non-hydrogen) atoms. The molecule has 1 aromatic rings. The molecule has 1 N–H and O–H groups in total. The Bertz CT molecular complexity index is 373. The number of aromatic nitrogens is 1. The van der Waals surface area contributed by atoms with E-state index in [1.807, 2.05) is 0 Å². The van der Waals surface area contributed by atoms with Gasteiger partial charge in [0.1, 0.15) is 12.4 Å². The largest absolute Gasteiger partial charge is 0.491 e. The summed E-state index contributed by atoms with van der Waals surface area (Å²) in [5.74, 6) is 1.52. The van der Waals surface area contributed by atoms with Crippen molar-refractivity contribution in [1.82, 2.24) is 10.3 Å². The van der Waals surface area contributed by atoms with Gasteiger partial charge in [-0.25, -0.2) is 0 Å². The van der Waals surface area contributed by atoms with Crippen molar-refractivity contribution >= 4 is 11.6 Å². The predicted molar refractivity (Wildman–Crippen MR) is 74.2 cm³/mol. The van der Waals surface area contributed by atoms with Crippen LogP contribution in [-0.2, 0) is 0 Å². The molecule has 0 bridgehead atoms. The van der Waals surface area contributed by atoms with E-state index in [2.05, 4.69) is 17.2 Å². The van der Waals surface area contributed by atoms with Crippen molar-refractivity contribution in [2.24, 2.45) is 5.92 Å². The minimum atomic E-state index is 0.612. The molecule has 0 radical (unpaired) electrons. The number of ether oxygens (including phenoxy) is 1. The van der Waals surface area contributed by atoms with E-state index in [4.69, 9.17) is 16.3 Å². The number of rotatable bonds is 5. The molecule has 0 amide bonds. The molecule has 0 saturated heterocycles. The van der Waals surface area contributed by atoms with Crippen LogP contribution < -0.4 is 10.1 Å². The van der Waals surface area contributed by atoms with Gasteiger partial charge < -0.3 is 10.1 Å². The summed E-state index contributed by atoms with van der Waals surface area (Å²) < 4.78 is 5.60. The number of pyridine rings is 1. The van der Waals surface area contributed by atoms with Crippen molar-refractivity contribution in [3.8, 4) is 5.75 Å². The van der Waals surface area contributed by atoms with Gasteiger partial charge in [-0.15, -0.1) is 0 Å². The Kier molecular flexibility index (Phi) is 5.26. The van der Waals surface area contributed by atoms with Crippen LogP contribution in [0, 0.1) is 5.92 Å². The van der Waals surface area contributed by atoms with E-state index in [1.165, 1.54) is 25.7 Å². The summed E-state index contributed by atoms with van der Waals surface area (Å²) in [6.45, 7) is 3.87. The van der Waals surface area contributed by atoms with Gasteiger partial charge in [0.05, 0.1) is 11.2 Å². The van der Waals surface area contributed by atoms with Gasteiger partial charge in [-0.3, -0.25) is 4.98 Å². The third kappa shape index (κ3) is 4.14. The molecule has 1 aromatic heterocycles. The van der Waals surface area contributed by atoms with Gasteiger partial charge in [-0.2, -0.15) is 0 Å². The number of halogens is 1.